The fraction of sp³-hybridized carbons (Fsp3) is 0.407. The quantitative estimate of drug-likeness (QED) is 0.444. The Morgan fingerprint density at radius 1 is 0.944 bits per heavy atom. The van der Waals surface area contributed by atoms with Crippen LogP contribution in [-0.2, 0) is 6.54 Å². The number of anilines is 3. The van der Waals surface area contributed by atoms with Gasteiger partial charge in [-0.2, -0.15) is 0 Å². The molecule has 3 fully saturated rings. The predicted molar refractivity (Wildman–Crippen MR) is 150 cm³/mol. The Bertz CT molecular complexity index is 1190. The van der Waals surface area contributed by atoms with Crippen molar-refractivity contribution in [1.29, 1.82) is 0 Å². The first kappa shape index (κ1) is 24.8. The maximum atomic E-state index is 10.3. The summed E-state index contributed by atoms with van der Waals surface area (Å²) in [5, 5.41) is 22.2. The topological polar surface area (TPSA) is 93.8 Å². The second kappa shape index (κ2) is 10.6. The zero-order chi connectivity index (χ0) is 23.8. The summed E-state index contributed by atoms with van der Waals surface area (Å²) in [5.41, 5.74) is 11.2. The number of hydrogen-bond acceptors (Lipinski definition) is 8. The van der Waals surface area contributed by atoms with Gasteiger partial charge in [-0.3, -0.25) is 4.90 Å². The van der Waals surface area contributed by atoms with Crippen LogP contribution in [0.4, 0.5) is 17.2 Å². The van der Waals surface area contributed by atoms with E-state index in [0.717, 1.165) is 51.5 Å². The summed E-state index contributed by atoms with van der Waals surface area (Å²) in [7, 11) is 0. The van der Waals surface area contributed by atoms with Crippen molar-refractivity contribution in [2.75, 3.05) is 54.8 Å². The van der Waals surface area contributed by atoms with E-state index in [1.54, 1.807) is 12.1 Å². The van der Waals surface area contributed by atoms with E-state index in [2.05, 4.69) is 54.5 Å². The van der Waals surface area contributed by atoms with Gasteiger partial charge in [0.15, 0.2) is 5.82 Å². The summed E-state index contributed by atoms with van der Waals surface area (Å²) in [6.07, 6.45) is 2.35. The lowest BCUT2D eigenvalue weighted by atomic mass is 10.1. The molecule has 0 aliphatic carbocycles. The van der Waals surface area contributed by atoms with Gasteiger partial charge in [-0.15, -0.1) is 27.2 Å². The molecule has 36 heavy (non-hydrogen) atoms. The van der Waals surface area contributed by atoms with Crippen LogP contribution in [0.5, 0.6) is 5.75 Å². The van der Waals surface area contributed by atoms with Crippen LogP contribution in [-0.4, -0.2) is 71.6 Å². The summed E-state index contributed by atoms with van der Waals surface area (Å²) in [6, 6.07) is 19.2. The summed E-state index contributed by atoms with van der Waals surface area (Å²) in [4.78, 5) is 7.52. The second-order valence-corrected chi connectivity index (χ2v) is 9.91. The molecule has 3 aliphatic heterocycles. The minimum Gasteiger partial charge on any atom is -0.507 e. The fourth-order valence-electron chi connectivity index (χ4n) is 5.93. The third-order valence-electron chi connectivity index (χ3n) is 7.63. The van der Waals surface area contributed by atoms with Crippen molar-refractivity contribution in [2.45, 2.75) is 31.5 Å². The third kappa shape index (κ3) is 4.87. The van der Waals surface area contributed by atoms with E-state index < -0.39 is 0 Å². The first-order valence-electron chi connectivity index (χ1n) is 12.6. The zero-order valence-corrected chi connectivity index (χ0v) is 22.1. The highest BCUT2D eigenvalue weighted by Crippen LogP contribution is 2.39. The van der Waals surface area contributed by atoms with Crippen molar-refractivity contribution in [3.63, 3.8) is 0 Å². The van der Waals surface area contributed by atoms with Gasteiger partial charge >= 0.3 is 0 Å². The molecular weight excluding hydrogens is 518 g/mol. The number of halogens is 1. The number of piperazine rings is 2. The predicted octanol–water partition coefficient (Wildman–Crippen LogP) is 3.27. The van der Waals surface area contributed by atoms with Gasteiger partial charge in [0.2, 0.25) is 0 Å². The van der Waals surface area contributed by atoms with Gasteiger partial charge in [-0.25, -0.2) is 0 Å². The standard InChI is InChI=1S/C27H33N7O.BrH/c28-27-25(15-24(30-31-27)23-6-1-2-7-26(23)35)33-17-21-8-9-22(18-33)34(21)20-5-3-4-19(14-20)16-32-12-10-29-11-13-32;/h1-7,14-15,21-22,29,35H,8-13,16-18H2,(H2,28,31);1H. The van der Waals surface area contributed by atoms with E-state index in [1.807, 2.05) is 18.2 Å². The third-order valence-corrected chi connectivity index (χ3v) is 7.63. The minimum absolute atomic E-state index is 0. The highest BCUT2D eigenvalue weighted by atomic mass is 79.9. The highest BCUT2D eigenvalue weighted by molar-refractivity contribution is 8.93. The lowest BCUT2D eigenvalue weighted by Crippen LogP contribution is -2.54. The number of nitrogens with two attached hydrogens (primary N) is 1. The van der Waals surface area contributed by atoms with E-state index in [1.165, 1.54) is 24.1 Å². The molecule has 2 bridgehead atoms. The fourth-order valence-corrected chi connectivity index (χ4v) is 5.93. The summed E-state index contributed by atoms with van der Waals surface area (Å²) >= 11 is 0. The number of aromatic nitrogens is 2. The molecule has 4 heterocycles. The number of rotatable bonds is 5. The van der Waals surface area contributed by atoms with Gasteiger partial charge in [0.05, 0.1) is 11.4 Å². The van der Waals surface area contributed by atoms with Gasteiger partial charge in [0.25, 0.3) is 0 Å². The van der Waals surface area contributed by atoms with Crippen LogP contribution in [0.25, 0.3) is 11.3 Å². The number of nitrogens with one attached hydrogen (secondary N) is 1. The lowest BCUT2D eigenvalue weighted by Gasteiger charge is -2.43. The van der Waals surface area contributed by atoms with Gasteiger partial charge < -0.3 is 26.0 Å². The molecule has 0 amide bonds. The van der Waals surface area contributed by atoms with Crippen LogP contribution in [0.3, 0.4) is 0 Å². The lowest BCUT2D eigenvalue weighted by molar-refractivity contribution is 0.233. The number of nitrogen functional groups attached to an aromatic ring is 1. The van der Waals surface area contributed by atoms with E-state index >= 15 is 0 Å². The highest BCUT2D eigenvalue weighted by Gasteiger charge is 2.40. The average Bonchev–Trinajstić information content (AvgIpc) is 3.15. The molecule has 2 atom stereocenters. The summed E-state index contributed by atoms with van der Waals surface area (Å²) in [5.74, 6) is 0.637. The average molecular weight is 553 g/mol. The minimum atomic E-state index is 0. The largest absolute Gasteiger partial charge is 0.507 e. The number of aromatic hydroxyl groups is 1. The maximum Gasteiger partial charge on any atom is 0.169 e. The molecule has 9 heteroatoms. The number of para-hydroxylation sites is 1. The van der Waals surface area contributed by atoms with Crippen LogP contribution < -0.4 is 20.9 Å². The Labute approximate surface area is 222 Å². The summed E-state index contributed by atoms with van der Waals surface area (Å²) in [6.45, 7) is 7.17. The molecule has 0 saturated carbocycles. The number of phenols is 1. The van der Waals surface area contributed by atoms with Crippen molar-refractivity contribution in [2.24, 2.45) is 0 Å². The maximum absolute atomic E-state index is 10.3. The van der Waals surface area contributed by atoms with Crippen LogP contribution in [0.2, 0.25) is 0 Å². The van der Waals surface area contributed by atoms with Crippen molar-refractivity contribution in [3.05, 3.63) is 60.2 Å². The molecular formula is C27H34BrN7O. The normalized spacial score (nSPS) is 21.9. The van der Waals surface area contributed by atoms with E-state index in [-0.39, 0.29) is 22.7 Å². The molecule has 0 spiro atoms. The van der Waals surface area contributed by atoms with E-state index in [9.17, 15) is 5.11 Å². The molecule has 2 aromatic carbocycles. The molecule has 8 nitrogen and oxygen atoms in total. The number of hydrogen-bond donors (Lipinski definition) is 3. The van der Waals surface area contributed by atoms with Crippen molar-refractivity contribution in [1.82, 2.24) is 20.4 Å². The zero-order valence-electron chi connectivity index (χ0n) is 20.4. The number of benzene rings is 2. The second-order valence-electron chi connectivity index (χ2n) is 9.91. The molecule has 3 saturated heterocycles. The van der Waals surface area contributed by atoms with Crippen molar-refractivity contribution >= 4 is 34.2 Å². The Hall–Kier alpha value is -2.88. The number of fused-ring (bicyclic) bond motifs is 2. The Morgan fingerprint density at radius 2 is 1.69 bits per heavy atom. The van der Waals surface area contributed by atoms with Crippen LogP contribution in [0.1, 0.15) is 18.4 Å². The Balaban J connectivity index is 0.00000267. The molecule has 6 rings (SSSR count). The van der Waals surface area contributed by atoms with Crippen LogP contribution >= 0.6 is 17.0 Å². The van der Waals surface area contributed by atoms with Gasteiger partial charge in [-0.1, -0.05) is 24.3 Å². The van der Waals surface area contributed by atoms with E-state index in [0.29, 0.717) is 29.2 Å². The Kier molecular flexibility index (Phi) is 7.32. The smallest absolute Gasteiger partial charge is 0.169 e. The monoisotopic (exact) mass is 551 g/mol. The number of nitrogens with zero attached hydrogens (tertiary/aromatic N) is 5. The van der Waals surface area contributed by atoms with E-state index in [4.69, 9.17) is 5.73 Å². The molecule has 4 N–H and O–H groups in total. The van der Waals surface area contributed by atoms with Crippen LogP contribution in [0, 0.1) is 0 Å². The Morgan fingerprint density at radius 3 is 2.44 bits per heavy atom. The van der Waals surface area contributed by atoms with Crippen molar-refractivity contribution < 1.29 is 5.11 Å². The first-order valence-corrected chi connectivity index (χ1v) is 12.6. The van der Waals surface area contributed by atoms with Crippen molar-refractivity contribution in [3.8, 4) is 17.0 Å². The summed E-state index contributed by atoms with van der Waals surface area (Å²) < 4.78 is 0. The first-order chi connectivity index (χ1) is 17.2. The molecule has 2 unspecified atom stereocenters. The SMILES string of the molecule is Br.Nc1nnc(-c2ccccc2O)cc1N1CC2CCC(C1)N2c1cccc(CN2CCNCC2)c1. The molecule has 0 radical (unpaired) electrons. The molecule has 1 aromatic heterocycles. The molecule has 3 aliphatic rings. The molecule has 190 valence electrons. The van der Waals surface area contributed by atoms with Gasteiger partial charge in [0.1, 0.15) is 5.75 Å². The number of phenolic OH excluding ortho intramolecular Hbond substituents is 1. The van der Waals surface area contributed by atoms with Gasteiger partial charge in [-0.05, 0) is 48.7 Å². The molecule has 3 aromatic rings. The van der Waals surface area contributed by atoms with Crippen LogP contribution in [0.15, 0.2) is 54.6 Å². The van der Waals surface area contributed by atoms with Gasteiger partial charge in [0, 0.05) is 69.1 Å².